The average molecular weight is 349 g/mol. The molecule has 0 radical (unpaired) electrons. The van der Waals surface area contributed by atoms with E-state index in [4.69, 9.17) is 33.7 Å². The summed E-state index contributed by atoms with van der Waals surface area (Å²) >= 11 is 11.8. The monoisotopic (exact) mass is 348 g/mol. The van der Waals surface area contributed by atoms with Crippen LogP contribution >= 0.6 is 23.2 Å². The zero-order valence-electron chi connectivity index (χ0n) is 12.1. The number of rotatable bonds is 3. The van der Waals surface area contributed by atoms with Gasteiger partial charge in [-0.05, 0) is 17.7 Å². The minimum atomic E-state index is -0.531. The first-order valence-electron chi connectivity index (χ1n) is 6.74. The maximum atomic E-state index is 11.5. The number of hydrogen-bond donors (Lipinski definition) is 2. The Kier molecular flexibility index (Phi) is 6.16. The van der Waals surface area contributed by atoms with Crippen molar-refractivity contribution in [1.29, 1.82) is 0 Å². The van der Waals surface area contributed by atoms with Crippen LogP contribution in [0.25, 0.3) is 0 Å². The fraction of sp³-hybridized carbons (Fsp3) is 0.118. The molecule has 0 bridgehead atoms. The zero-order valence-corrected chi connectivity index (χ0v) is 13.6. The van der Waals surface area contributed by atoms with Crippen molar-refractivity contribution in [3.05, 3.63) is 63.6 Å². The van der Waals surface area contributed by atoms with Crippen molar-refractivity contribution in [3.63, 3.8) is 0 Å². The summed E-state index contributed by atoms with van der Waals surface area (Å²) in [6.45, 7) is 0.358. The molecule has 6 heteroatoms. The second-order valence-electron chi connectivity index (χ2n) is 4.57. The van der Waals surface area contributed by atoms with Gasteiger partial charge in [0.1, 0.15) is 6.61 Å². The Labute approximate surface area is 144 Å². The molecule has 2 rings (SSSR count). The molecule has 0 fully saturated rings. The number of halogens is 2. The number of ether oxygens (including phenoxy) is 1. The predicted molar refractivity (Wildman–Crippen MR) is 92.4 cm³/mol. The minimum Gasteiger partial charge on any atom is -0.445 e. The summed E-state index contributed by atoms with van der Waals surface area (Å²) in [4.78, 5) is 11.5. The highest BCUT2D eigenvalue weighted by Gasteiger charge is 2.03. The molecule has 3 N–H and O–H groups in total. The molecule has 23 heavy (non-hydrogen) atoms. The molecule has 0 aliphatic rings. The van der Waals surface area contributed by atoms with E-state index in [-0.39, 0.29) is 13.2 Å². The Hall–Kier alpha value is -2.35. The van der Waals surface area contributed by atoms with Gasteiger partial charge in [-0.3, -0.25) is 0 Å². The van der Waals surface area contributed by atoms with Gasteiger partial charge in [-0.15, -0.1) is 0 Å². The van der Waals surface area contributed by atoms with E-state index in [0.717, 1.165) is 5.56 Å². The second kappa shape index (κ2) is 8.33. The third-order valence-corrected chi connectivity index (χ3v) is 3.47. The molecule has 0 aliphatic carbocycles. The first-order valence-corrected chi connectivity index (χ1v) is 7.50. The van der Waals surface area contributed by atoms with Crippen molar-refractivity contribution in [2.75, 3.05) is 12.3 Å². The van der Waals surface area contributed by atoms with E-state index in [1.54, 1.807) is 12.1 Å². The summed E-state index contributed by atoms with van der Waals surface area (Å²) in [5.41, 5.74) is 7.50. The summed E-state index contributed by atoms with van der Waals surface area (Å²) in [6.07, 6.45) is -0.531. The van der Waals surface area contributed by atoms with Crippen LogP contribution in [0.4, 0.5) is 10.5 Å². The van der Waals surface area contributed by atoms with Gasteiger partial charge in [0.15, 0.2) is 0 Å². The standard InChI is InChI=1S/C17H14Cl2N2O2/c18-14-9-13(10-15(19)16(14)20)7-4-8-21-17(22)23-11-12-5-2-1-3-6-12/h1-3,5-6,9-10H,8,11,20H2,(H,21,22). The van der Waals surface area contributed by atoms with Crippen molar-refractivity contribution in [2.24, 2.45) is 0 Å². The number of anilines is 1. The van der Waals surface area contributed by atoms with E-state index in [2.05, 4.69) is 17.2 Å². The van der Waals surface area contributed by atoms with Crippen molar-refractivity contribution in [1.82, 2.24) is 5.32 Å². The molecule has 118 valence electrons. The molecular weight excluding hydrogens is 335 g/mol. The van der Waals surface area contributed by atoms with Crippen molar-refractivity contribution >= 4 is 35.0 Å². The van der Waals surface area contributed by atoms with Gasteiger partial charge in [0, 0.05) is 5.56 Å². The van der Waals surface area contributed by atoms with Crippen LogP contribution in [-0.4, -0.2) is 12.6 Å². The van der Waals surface area contributed by atoms with Crippen molar-refractivity contribution < 1.29 is 9.53 Å². The highest BCUT2D eigenvalue weighted by atomic mass is 35.5. The van der Waals surface area contributed by atoms with Crippen molar-refractivity contribution in [3.8, 4) is 11.8 Å². The van der Waals surface area contributed by atoms with Crippen LogP contribution in [-0.2, 0) is 11.3 Å². The van der Waals surface area contributed by atoms with Crippen LogP contribution in [0.1, 0.15) is 11.1 Å². The lowest BCUT2D eigenvalue weighted by Gasteiger charge is -2.04. The highest BCUT2D eigenvalue weighted by molar-refractivity contribution is 6.39. The lowest BCUT2D eigenvalue weighted by molar-refractivity contribution is 0.141. The first-order chi connectivity index (χ1) is 11.1. The fourth-order valence-corrected chi connectivity index (χ4v) is 2.18. The quantitative estimate of drug-likeness (QED) is 0.653. The maximum absolute atomic E-state index is 11.5. The Balaban J connectivity index is 1.80. The normalized spacial score (nSPS) is 9.65. The van der Waals surface area contributed by atoms with Crippen LogP contribution in [0, 0.1) is 11.8 Å². The average Bonchev–Trinajstić information content (AvgIpc) is 2.55. The van der Waals surface area contributed by atoms with Gasteiger partial charge < -0.3 is 15.8 Å². The highest BCUT2D eigenvalue weighted by Crippen LogP contribution is 2.28. The summed E-state index contributed by atoms with van der Waals surface area (Å²) in [5, 5.41) is 3.23. The third kappa shape index (κ3) is 5.41. The summed E-state index contributed by atoms with van der Waals surface area (Å²) in [7, 11) is 0. The molecule has 0 aromatic heterocycles. The third-order valence-electron chi connectivity index (χ3n) is 2.85. The topological polar surface area (TPSA) is 64.3 Å². The number of nitrogens with two attached hydrogens (primary N) is 1. The van der Waals surface area contributed by atoms with Gasteiger partial charge in [-0.2, -0.15) is 0 Å². The van der Waals surface area contributed by atoms with E-state index in [1.165, 1.54) is 0 Å². The van der Waals surface area contributed by atoms with Crippen LogP contribution in [0.3, 0.4) is 0 Å². The largest absolute Gasteiger partial charge is 0.445 e. The number of amides is 1. The lowest BCUT2D eigenvalue weighted by Crippen LogP contribution is -2.24. The van der Waals surface area contributed by atoms with E-state index in [1.807, 2.05) is 30.3 Å². The molecule has 2 aromatic carbocycles. The van der Waals surface area contributed by atoms with Gasteiger partial charge in [0.2, 0.25) is 0 Å². The van der Waals surface area contributed by atoms with Crippen LogP contribution < -0.4 is 11.1 Å². The van der Waals surface area contributed by atoms with Crippen molar-refractivity contribution in [2.45, 2.75) is 6.61 Å². The molecular formula is C17H14Cl2N2O2. The molecule has 0 unspecified atom stereocenters. The van der Waals surface area contributed by atoms with Crippen LogP contribution in [0.5, 0.6) is 0 Å². The Morgan fingerprint density at radius 1 is 1.17 bits per heavy atom. The van der Waals surface area contributed by atoms with Gasteiger partial charge in [0.25, 0.3) is 0 Å². The predicted octanol–water partition coefficient (Wildman–Crippen LogP) is 3.85. The van der Waals surface area contributed by atoms with E-state index < -0.39 is 6.09 Å². The SMILES string of the molecule is Nc1c(Cl)cc(C#CCNC(=O)OCc2ccccc2)cc1Cl. The molecule has 0 aliphatic heterocycles. The zero-order chi connectivity index (χ0) is 16.7. The van der Waals surface area contributed by atoms with Gasteiger partial charge in [0.05, 0.1) is 22.3 Å². The molecule has 0 saturated heterocycles. The van der Waals surface area contributed by atoms with Crippen LogP contribution in [0.15, 0.2) is 42.5 Å². The van der Waals surface area contributed by atoms with Gasteiger partial charge >= 0.3 is 6.09 Å². The number of carbonyl (C=O) groups is 1. The molecule has 0 heterocycles. The minimum absolute atomic E-state index is 0.146. The summed E-state index contributed by atoms with van der Waals surface area (Å²) < 4.78 is 5.06. The van der Waals surface area contributed by atoms with Gasteiger partial charge in [-0.25, -0.2) is 4.79 Å². The van der Waals surface area contributed by atoms with E-state index >= 15 is 0 Å². The van der Waals surface area contributed by atoms with Gasteiger partial charge in [-0.1, -0.05) is 65.4 Å². The van der Waals surface area contributed by atoms with E-state index in [9.17, 15) is 4.79 Å². The Morgan fingerprint density at radius 3 is 2.48 bits per heavy atom. The van der Waals surface area contributed by atoms with E-state index in [0.29, 0.717) is 21.3 Å². The molecule has 0 spiro atoms. The molecule has 0 saturated carbocycles. The molecule has 4 nitrogen and oxygen atoms in total. The Bertz CT molecular complexity index is 729. The number of hydrogen-bond acceptors (Lipinski definition) is 3. The first kappa shape index (κ1) is 17.0. The Morgan fingerprint density at radius 2 is 1.83 bits per heavy atom. The molecule has 1 amide bonds. The lowest BCUT2D eigenvalue weighted by atomic mass is 10.2. The number of alkyl carbamates (subject to hydrolysis) is 1. The fourth-order valence-electron chi connectivity index (χ4n) is 1.69. The number of nitrogen functional groups attached to an aromatic ring is 1. The summed E-state index contributed by atoms with van der Waals surface area (Å²) in [6, 6.07) is 12.6. The smallest absolute Gasteiger partial charge is 0.408 e. The second-order valence-corrected chi connectivity index (χ2v) is 5.39. The molecule has 0 atom stereocenters. The maximum Gasteiger partial charge on any atom is 0.408 e. The van der Waals surface area contributed by atoms with Crippen LogP contribution in [0.2, 0.25) is 10.0 Å². The number of nitrogens with one attached hydrogen (secondary N) is 1. The molecule has 2 aromatic rings. The number of carbonyl (C=O) groups excluding carboxylic acids is 1. The summed E-state index contributed by atoms with van der Waals surface area (Å²) in [5.74, 6) is 5.62. The number of benzene rings is 2.